The van der Waals surface area contributed by atoms with Crippen molar-refractivity contribution in [1.29, 1.82) is 0 Å². The molecule has 4 nitrogen and oxygen atoms in total. The number of hydrogen-bond acceptors (Lipinski definition) is 3. The highest BCUT2D eigenvalue weighted by atomic mass is 32.2. The number of rotatable bonds is 0. The third-order valence-electron chi connectivity index (χ3n) is 0.921. The lowest BCUT2D eigenvalue weighted by molar-refractivity contribution is -0.0510. The van der Waals surface area contributed by atoms with Gasteiger partial charge in [0.1, 0.15) is 0 Å². The molecule has 0 aromatic carbocycles. The van der Waals surface area contributed by atoms with Gasteiger partial charge in [0.25, 0.3) is 0 Å². The van der Waals surface area contributed by atoms with Crippen LogP contribution in [0.3, 0.4) is 0 Å². The number of aromatic nitrogens is 1. The topological polar surface area (TPSA) is 67.3 Å². The molecule has 0 aliphatic rings. The molecule has 1 N–H and O–H groups in total. The van der Waals surface area contributed by atoms with Crippen LogP contribution in [0.25, 0.3) is 0 Å². The SMILES string of the molecule is Fc1ccccn1.O=S(=O)(O)C(F)(F)F. The summed E-state index contributed by atoms with van der Waals surface area (Å²) in [4.78, 5) is 3.31. The molecule has 0 aliphatic heterocycles. The van der Waals surface area contributed by atoms with Crippen LogP contribution in [0.5, 0.6) is 0 Å². The number of hydrogen-bond donors (Lipinski definition) is 1. The second-order valence-corrected chi connectivity index (χ2v) is 3.49. The lowest BCUT2D eigenvalue weighted by atomic mass is 10.5. The fourth-order valence-electron chi connectivity index (χ4n) is 0.342. The molecule has 9 heteroatoms. The minimum atomic E-state index is -5.84. The highest BCUT2D eigenvalue weighted by Gasteiger charge is 2.44. The number of pyridine rings is 1. The first-order valence-corrected chi connectivity index (χ1v) is 4.69. The molecule has 15 heavy (non-hydrogen) atoms. The van der Waals surface area contributed by atoms with Crippen molar-refractivity contribution < 1.29 is 30.5 Å². The molecule has 0 aliphatic carbocycles. The third-order valence-corrected chi connectivity index (χ3v) is 1.51. The lowest BCUT2D eigenvalue weighted by Gasteiger charge is -1.97. The highest BCUT2D eigenvalue weighted by Crippen LogP contribution is 2.20. The molecule has 1 rings (SSSR count). The molecule has 1 heterocycles. The van der Waals surface area contributed by atoms with Gasteiger partial charge in [-0.05, 0) is 12.1 Å². The van der Waals surface area contributed by atoms with E-state index in [4.69, 9.17) is 13.0 Å². The first-order chi connectivity index (χ1) is 6.64. The normalized spacial score (nSPS) is 11.5. The summed E-state index contributed by atoms with van der Waals surface area (Å²) in [6.45, 7) is 0. The first kappa shape index (κ1) is 13.8. The summed E-state index contributed by atoms with van der Waals surface area (Å²) in [7, 11) is -5.84. The van der Waals surface area contributed by atoms with Crippen molar-refractivity contribution in [3.8, 4) is 0 Å². The Balaban J connectivity index is 0.000000262. The van der Waals surface area contributed by atoms with Crippen molar-refractivity contribution in [1.82, 2.24) is 4.98 Å². The van der Waals surface area contributed by atoms with E-state index in [0.29, 0.717) is 0 Å². The van der Waals surface area contributed by atoms with Crippen molar-refractivity contribution >= 4 is 10.1 Å². The van der Waals surface area contributed by atoms with Crippen LogP contribution < -0.4 is 0 Å². The number of halogens is 4. The standard InChI is InChI=1S/C5H4FN.CHF3O3S/c6-5-3-1-2-4-7-5;2-1(3,4)8(5,6)7/h1-4H;(H,5,6,7). The van der Waals surface area contributed by atoms with Gasteiger partial charge in [0.2, 0.25) is 5.95 Å². The van der Waals surface area contributed by atoms with Gasteiger partial charge >= 0.3 is 15.6 Å². The molecule has 1 aromatic rings. The molecule has 0 atom stereocenters. The molecule has 0 radical (unpaired) electrons. The van der Waals surface area contributed by atoms with E-state index in [2.05, 4.69) is 4.98 Å². The van der Waals surface area contributed by atoms with Gasteiger partial charge in [-0.1, -0.05) is 6.07 Å². The van der Waals surface area contributed by atoms with Crippen LogP contribution in [-0.2, 0) is 10.1 Å². The summed E-state index contributed by atoms with van der Waals surface area (Å²) in [5.41, 5.74) is -5.53. The van der Waals surface area contributed by atoms with Gasteiger partial charge in [0.05, 0.1) is 0 Å². The van der Waals surface area contributed by atoms with E-state index in [1.807, 2.05) is 0 Å². The largest absolute Gasteiger partial charge is 0.522 e. The zero-order valence-electron chi connectivity index (χ0n) is 6.94. The molecule has 0 bridgehead atoms. The maximum Gasteiger partial charge on any atom is 0.522 e. The zero-order chi connectivity index (χ0) is 12.1. The molecule has 0 spiro atoms. The molecule has 0 saturated heterocycles. The number of nitrogens with zero attached hydrogens (tertiary/aromatic N) is 1. The molecular formula is C6H5F4NO3S. The van der Waals surface area contributed by atoms with Gasteiger partial charge in [-0.15, -0.1) is 0 Å². The van der Waals surface area contributed by atoms with Crippen LogP contribution >= 0.6 is 0 Å². The maximum atomic E-state index is 11.8. The van der Waals surface area contributed by atoms with Gasteiger partial charge in [0.15, 0.2) is 0 Å². The highest BCUT2D eigenvalue weighted by molar-refractivity contribution is 7.86. The van der Waals surface area contributed by atoms with Crippen LogP contribution in [0.2, 0.25) is 0 Å². The first-order valence-electron chi connectivity index (χ1n) is 3.25. The maximum absolute atomic E-state index is 11.8. The van der Waals surface area contributed by atoms with Crippen molar-refractivity contribution in [2.24, 2.45) is 0 Å². The van der Waals surface area contributed by atoms with Crippen molar-refractivity contribution in [3.63, 3.8) is 0 Å². The summed E-state index contributed by atoms with van der Waals surface area (Å²) >= 11 is 0. The monoisotopic (exact) mass is 247 g/mol. The van der Waals surface area contributed by atoms with Gasteiger partial charge < -0.3 is 0 Å². The Morgan fingerprint density at radius 1 is 1.27 bits per heavy atom. The van der Waals surface area contributed by atoms with Crippen LogP contribution in [0.15, 0.2) is 24.4 Å². The molecule has 1 aromatic heterocycles. The molecule has 0 fully saturated rings. The Bertz CT molecular complexity index is 389. The van der Waals surface area contributed by atoms with Crippen molar-refractivity contribution in [2.75, 3.05) is 0 Å². The third kappa shape index (κ3) is 5.96. The Morgan fingerprint density at radius 2 is 1.73 bits per heavy atom. The fourth-order valence-corrected chi connectivity index (χ4v) is 0.342. The van der Waals surface area contributed by atoms with E-state index in [1.165, 1.54) is 12.3 Å². The minimum Gasteiger partial charge on any atom is -0.279 e. The molecule has 0 unspecified atom stereocenters. The van der Waals surface area contributed by atoms with E-state index in [1.54, 1.807) is 12.1 Å². The Kier molecular flexibility index (Phi) is 4.62. The second kappa shape index (κ2) is 5.03. The summed E-state index contributed by atoms with van der Waals surface area (Å²) < 4.78 is 69.3. The van der Waals surface area contributed by atoms with Crippen molar-refractivity contribution in [3.05, 3.63) is 30.3 Å². The van der Waals surface area contributed by atoms with E-state index < -0.39 is 21.6 Å². The second-order valence-electron chi connectivity index (χ2n) is 2.07. The minimum absolute atomic E-state index is 0.428. The molecular weight excluding hydrogens is 242 g/mol. The van der Waals surface area contributed by atoms with E-state index in [9.17, 15) is 17.6 Å². The van der Waals surface area contributed by atoms with Crippen LogP contribution in [0.4, 0.5) is 17.6 Å². The van der Waals surface area contributed by atoms with Gasteiger partial charge in [0, 0.05) is 6.20 Å². The molecule has 86 valence electrons. The Morgan fingerprint density at radius 3 is 1.87 bits per heavy atom. The lowest BCUT2D eigenvalue weighted by Crippen LogP contribution is -2.21. The van der Waals surface area contributed by atoms with Crippen LogP contribution in [0.1, 0.15) is 0 Å². The summed E-state index contributed by atoms with van der Waals surface area (Å²) in [6.07, 6.45) is 1.41. The molecule has 0 amide bonds. The molecule has 0 saturated carbocycles. The van der Waals surface area contributed by atoms with Crippen LogP contribution in [-0.4, -0.2) is 23.5 Å². The quantitative estimate of drug-likeness (QED) is 0.327. The fraction of sp³-hybridized carbons (Fsp3) is 0.167. The number of alkyl halides is 3. The predicted molar refractivity (Wildman–Crippen MR) is 41.8 cm³/mol. The van der Waals surface area contributed by atoms with Gasteiger partial charge in [-0.25, -0.2) is 4.98 Å². The van der Waals surface area contributed by atoms with E-state index >= 15 is 0 Å². The summed E-state index contributed by atoms with van der Waals surface area (Å²) in [5, 5.41) is 0. The van der Waals surface area contributed by atoms with Gasteiger partial charge in [-0.3, -0.25) is 4.55 Å². The van der Waals surface area contributed by atoms with Gasteiger partial charge in [-0.2, -0.15) is 26.0 Å². The zero-order valence-corrected chi connectivity index (χ0v) is 7.76. The van der Waals surface area contributed by atoms with Crippen molar-refractivity contribution in [2.45, 2.75) is 5.51 Å². The smallest absolute Gasteiger partial charge is 0.279 e. The average Bonchev–Trinajstić information content (AvgIpc) is 2.02. The van der Waals surface area contributed by atoms with E-state index in [-0.39, 0.29) is 0 Å². The Labute approximate surface area is 82.3 Å². The summed E-state index contributed by atoms with van der Waals surface area (Å²) in [6, 6.07) is 4.57. The van der Waals surface area contributed by atoms with Crippen LogP contribution in [0, 0.1) is 5.95 Å². The Hall–Kier alpha value is -1.22. The predicted octanol–water partition coefficient (Wildman–Crippen LogP) is 1.61. The average molecular weight is 247 g/mol. The van der Waals surface area contributed by atoms with E-state index in [0.717, 1.165) is 0 Å². The summed E-state index contributed by atoms with van der Waals surface area (Å²) in [5.74, 6) is -0.428.